The molecule has 0 aliphatic carbocycles. The number of hydrogen-bond acceptors (Lipinski definition) is 3. The van der Waals surface area contributed by atoms with Crippen LogP contribution in [0.2, 0.25) is 0 Å². The Bertz CT molecular complexity index is 309. The van der Waals surface area contributed by atoms with E-state index in [4.69, 9.17) is 5.73 Å². The summed E-state index contributed by atoms with van der Waals surface area (Å²) in [5.41, 5.74) is 7.66. The van der Waals surface area contributed by atoms with Gasteiger partial charge in [0, 0.05) is 16.2 Å². The predicted octanol–water partition coefficient (Wildman–Crippen LogP) is 4.37. The molecule has 0 saturated carbocycles. The SMILES string of the molecule is CCC(C)SC(c1sccc1C)C(N)CC. The minimum atomic E-state index is 0.274. The zero-order chi connectivity index (χ0) is 12.1. The van der Waals surface area contributed by atoms with Crippen molar-refractivity contribution in [1.82, 2.24) is 0 Å². The highest BCUT2D eigenvalue weighted by Crippen LogP contribution is 2.40. The second kappa shape index (κ2) is 6.67. The van der Waals surface area contributed by atoms with E-state index in [1.54, 1.807) is 0 Å². The fourth-order valence-corrected chi connectivity index (χ4v) is 4.31. The summed E-state index contributed by atoms with van der Waals surface area (Å²) in [5, 5.41) is 3.33. The highest BCUT2D eigenvalue weighted by atomic mass is 32.2. The Morgan fingerprint density at radius 2 is 2.06 bits per heavy atom. The molecular weight excluding hydrogens is 234 g/mol. The van der Waals surface area contributed by atoms with Crippen molar-refractivity contribution in [2.45, 2.75) is 57.1 Å². The van der Waals surface area contributed by atoms with E-state index < -0.39 is 0 Å². The van der Waals surface area contributed by atoms with Gasteiger partial charge >= 0.3 is 0 Å². The van der Waals surface area contributed by atoms with Crippen LogP contribution < -0.4 is 5.73 Å². The van der Waals surface area contributed by atoms with Crippen molar-refractivity contribution in [2.75, 3.05) is 0 Å². The monoisotopic (exact) mass is 257 g/mol. The molecule has 1 aromatic heterocycles. The van der Waals surface area contributed by atoms with Gasteiger partial charge in [-0.25, -0.2) is 0 Å². The summed E-state index contributed by atoms with van der Waals surface area (Å²) in [6.07, 6.45) is 2.26. The average molecular weight is 257 g/mol. The van der Waals surface area contributed by atoms with Crippen LogP contribution in [-0.4, -0.2) is 11.3 Å². The molecule has 0 saturated heterocycles. The summed E-state index contributed by atoms with van der Waals surface area (Å²) < 4.78 is 0. The molecule has 0 aliphatic heterocycles. The molecule has 3 heteroatoms. The van der Waals surface area contributed by atoms with Crippen LogP contribution in [0.5, 0.6) is 0 Å². The Labute approximate surface area is 108 Å². The van der Waals surface area contributed by atoms with E-state index in [1.807, 2.05) is 23.1 Å². The maximum absolute atomic E-state index is 6.27. The normalized spacial score (nSPS) is 17.1. The van der Waals surface area contributed by atoms with Crippen molar-refractivity contribution in [2.24, 2.45) is 5.73 Å². The van der Waals surface area contributed by atoms with Crippen LogP contribution >= 0.6 is 23.1 Å². The Morgan fingerprint density at radius 3 is 2.50 bits per heavy atom. The third-order valence-electron chi connectivity index (χ3n) is 2.97. The Balaban J connectivity index is 2.83. The molecule has 0 bridgehead atoms. The van der Waals surface area contributed by atoms with Gasteiger partial charge in [-0.05, 0) is 36.8 Å². The Morgan fingerprint density at radius 1 is 1.38 bits per heavy atom. The lowest BCUT2D eigenvalue weighted by molar-refractivity contribution is 0.635. The molecule has 2 N–H and O–H groups in total. The number of thioether (sulfide) groups is 1. The van der Waals surface area contributed by atoms with E-state index in [0.29, 0.717) is 10.5 Å². The maximum Gasteiger partial charge on any atom is 0.0547 e. The summed E-state index contributed by atoms with van der Waals surface area (Å²) in [5.74, 6) is 0. The van der Waals surface area contributed by atoms with E-state index in [2.05, 4.69) is 39.1 Å². The van der Waals surface area contributed by atoms with E-state index in [0.717, 1.165) is 6.42 Å². The topological polar surface area (TPSA) is 26.0 Å². The molecule has 1 nitrogen and oxygen atoms in total. The second-order valence-corrected chi connectivity index (χ2v) is 6.85. The lowest BCUT2D eigenvalue weighted by Gasteiger charge is -2.25. The fraction of sp³-hybridized carbons (Fsp3) is 0.692. The van der Waals surface area contributed by atoms with Gasteiger partial charge in [0.05, 0.1) is 5.25 Å². The smallest absolute Gasteiger partial charge is 0.0547 e. The first-order valence-corrected chi connectivity index (χ1v) is 7.87. The molecule has 92 valence electrons. The van der Waals surface area contributed by atoms with Crippen LogP contribution in [0.15, 0.2) is 11.4 Å². The van der Waals surface area contributed by atoms with Gasteiger partial charge in [0.2, 0.25) is 0 Å². The summed E-state index contributed by atoms with van der Waals surface area (Å²) >= 11 is 3.89. The van der Waals surface area contributed by atoms with E-state index in [1.165, 1.54) is 16.9 Å². The van der Waals surface area contributed by atoms with Gasteiger partial charge in [0.25, 0.3) is 0 Å². The Kier molecular flexibility index (Phi) is 5.87. The standard InChI is InChI=1S/C13H23NS2/c1-5-10(4)16-13(11(14)6-2)12-9(3)7-8-15-12/h7-8,10-11,13H,5-6,14H2,1-4H3. The molecular formula is C13H23NS2. The highest BCUT2D eigenvalue weighted by molar-refractivity contribution is 8.00. The van der Waals surface area contributed by atoms with E-state index in [-0.39, 0.29) is 6.04 Å². The quantitative estimate of drug-likeness (QED) is 0.819. The third-order valence-corrected chi connectivity index (χ3v) is 5.90. The molecule has 0 spiro atoms. The number of thiophene rings is 1. The van der Waals surface area contributed by atoms with Crippen molar-refractivity contribution < 1.29 is 0 Å². The van der Waals surface area contributed by atoms with Crippen LogP contribution in [0, 0.1) is 6.92 Å². The van der Waals surface area contributed by atoms with E-state index in [9.17, 15) is 0 Å². The van der Waals surface area contributed by atoms with Crippen LogP contribution in [0.1, 0.15) is 49.3 Å². The van der Waals surface area contributed by atoms with Crippen molar-refractivity contribution in [3.8, 4) is 0 Å². The zero-order valence-electron chi connectivity index (χ0n) is 10.7. The van der Waals surface area contributed by atoms with Crippen molar-refractivity contribution in [3.05, 3.63) is 21.9 Å². The van der Waals surface area contributed by atoms with Crippen LogP contribution in [0.4, 0.5) is 0 Å². The molecule has 1 aromatic rings. The van der Waals surface area contributed by atoms with Crippen LogP contribution in [0.25, 0.3) is 0 Å². The number of nitrogens with two attached hydrogens (primary N) is 1. The molecule has 1 rings (SSSR count). The predicted molar refractivity (Wildman–Crippen MR) is 77.4 cm³/mol. The maximum atomic E-state index is 6.27. The number of aryl methyl sites for hydroxylation is 1. The summed E-state index contributed by atoms with van der Waals surface area (Å²) in [4.78, 5) is 1.47. The molecule has 1 heterocycles. The first-order chi connectivity index (χ1) is 7.60. The van der Waals surface area contributed by atoms with Gasteiger partial charge in [-0.1, -0.05) is 20.8 Å². The first kappa shape index (κ1) is 14.1. The largest absolute Gasteiger partial charge is 0.326 e. The van der Waals surface area contributed by atoms with Crippen LogP contribution in [0.3, 0.4) is 0 Å². The molecule has 16 heavy (non-hydrogen) atoms. The summed E-state index contributed by atoms with van der Waals surface area (Å²) in [7, 11) is 0. The molecule has 0 aromatic carbocycles. The average Bonchev–Trinajstić information content (AvgIpc) is 2.70. The van der Waals surface area contributed by atoms with Crippen molar-refractivity contribution in [3.63, 3.8) is 0 Å². The van der Waals surface area contributed by atoms with Crippen molar-refractivity contribution >= 4 is 23.1 Å². The van der Waals surface area contributed by atoms with Gasteiger partial charge in [0.1, 0.15) is 0 Å². The second-order valence-electron chi connectivity index (χ2n) is 4.32. The van der Waals surface area contributed by atoms with E-state index >= 15 is 0 Å². The van der Waals surface area contributed by atoms with Gasteiger partial charge in [-0.3, -0.25) is 0 Å². The summed E-state index contributed by atoms with van der Waals surface area (Å²) in [6, 6.07) is 2.48. The highest BCUT2D eigenvalue weighted by Gasteiger charge is 2.23. The van der Waals surface area contributed by atoms with Gasteiger partial charge in [-0.2, -0.15) is 0 Å². The van der Waals surface area contributed by atoms with Gasteiger partial charge in [-0.15, -0.1) is 23.1 Å². The molecule has 3 unspecified atom stereocenters. The van der Waals surface area contributed by atoms with Gasteiger partial charge in [0.15, 0.2) is 0 Å². The van der Waals surface area contributed by atoms with Crippen molar-refractivity contribution in [1.29, 1.82) is 0 Å². The molecule has 0 aliphatic rings. The minimum Gasteiger partial charge on any atom is -0.326 e. The lowest BCUT2D eigenvalue weighted by Crippen LogP contribution is -2.26. The first-order valence-electron chi connectivity index (χ1n) is 6.05. The fourth-order valence-electron chi connectivity index (χ4n) is 1.59. The Hall–Kier alpha value is 0.01000. The number of hydrogen-bond donors (Lipinski definition) is 1. The molecule has 0 fully saturated rings. The minimum absolute atomic E-state index is 0.274. The third kappa shape index (κ3) is 3.51. The van der Waals surface area contributed by atoms with Crippen LogP contribution in [-0.2, 0) is 0 Å². The molecule has 0 radical (unpaired) electrons. The zero-order valence-corrected chi connectivity index (χ0v) is 12.3. The molecule has 3 atom stereocenters. The molecule has 0 amide bonds. The van der Waals surface area contributed by atoms with Gasteiger partial charge < -0.3 is 5.73 Å². The number of rotatable bonds is 6. The summed E-state index contributed by atoms with van der Waals surface area (Å²) in [6.45, 7) is 8.91. The lowest BCUT2D eigenvalue weighted by atomic mass is 10.1.